The first-order valence-electron chi connectivity index (χ1n) is 9.02. The number of phenolic OH excluding ortho intramolecular Hbond substituents is 1. The lowest BCUT2D eigenvalue weighted by Gasteiger charge is -2.38. The van der Waals surface area contributed by atoms with Gasteiger partial charge in [-0.3, -0.25) is 0 Å². The van der Waals surface area contributed by atoms with E-state index in [4.69, 9.17) is 0 Å². The standard InChI is InChI=1S/C19H21F3N4O/c1-26(15-9-11-3-5-14(23-11)18(15)20)17-7-6-13(24-25-17)12-4-2-10(19(21)22)8-16(12)27/h2,4,6-8,11,14-15,18-19,23,27H,3,5,9H2,1H3/t11-,14+,15-,18+/m1/s1. The highest BCUT2D eigenvalue weighted by atomic mass is 19.3. The van der Waals surface area contributed by atoms with Crippen LogP contribution in [-0.2, 0) is 0 Å². The van der Waals surface area contributed by atoms with Crippen molar-refractivity contribution in [3.63, 3.8) is 0 Å². The van der Waals surface area contributed by atoms with Gasteiger partial charge in [0.2, 0.25) is 0 Å². The third kappa shape index (κ3) is 3.34. The van der Waals surface area contributed by atoms with Gasteiger partial charge in [0.25, 0.3) is 6.43 Å². The molecule has 2 fully saturated rings. The predicted octanol–water partition coefficient (Wildman–Crippen LogP) is 3.45. The average molecular weight is 378 g/mol. The smallest absolute Gasteiger partial charge is 0.263 e. The Morgan fingerprint density at radius 1 is 1.19 bits per heavy atom. The molecule has 5 nitrogen and oxygen atoms in total. The summed E-state index contributed by atoms with van der Waals surface area (Å²) in [5.41, 5.74) is 0.437. The fourth-order valence-electron chi connectivity index (χ4n) is 4.08. The van der Waals surface area contributed by atoms with Gasteiger partial charge in [-0.05, 0) is 43.5 Å². The van der Waals surface area contributed by atoms with Crippen LogP contribution < -0.4 is 10.2 Å². The van der Waals surface area contributed by atoms with Crippen molar-refractivity contribution in [2.45, 2.75) is 50.0 Å². The maximum Gasteiger partial charge on any atom is 0.263 e. The number of piperidine rings is 1. The zero-order valence-electron chi connectivity index (χ0n) is 14.8. The van der Waals surface area contributed by atoms with Gasteiger partial charge in [0, 0.05) is 30.3 Å². The summed E-state index contributed by atoms with van der Waals surface area (Å²) in [5.74, 6) is 0.262. The molecule has 2 aliphatic heterocycles. The largest absolute Gasteiger partial charge is 0.507 e. The van der Waals surface area contributed by atoms with E-state index in [1.165, 1.54) is 12.1 Å². The molecule has 0 saturated carbocycles. The molecule has 1 aromatic carbocycles. The van der Waals surface area contributed by atoms with E-state index in [-0.39, 0.29) is 23.4 Å². The monoisotopic (exact) mass is 378 g/mol. The van der Waals surface area contributed by atoms with Crippen LogP contribution in [0, 0.1) is 0 Å². The Kier molecular flexibility index (Phi) is 4.67. The number of anilines is 1. The molecule has 0 radical (unpaired) electrons. The molecular formula is C19H21F3N4O. The Morgan fingerprint density at radius 3 is 2.67 bits per heavy atom. The maximum atomic E-state index is 14.7. The Labute approximate surface area is 155 Å². The SMILES string of the molecule is CN(c1ccc(-c2ccc(C(F)F)cc2O)nn1)[C@@H]1C[C@H]2CC[C@H](N2)[C@@H]1F. The van der Waals surface area contributed by atoms with E-state index in [9.17, 15) is 18.3 Å². The number of phenols is 1. The third-order valence-electron chi connectivity index (χ3n) is 5.61. The number of fused-ring (bicyclic) bond motifs is 2. The quantitative estimate of drug-likeness (QED) is 0.853. The molecule has 2 aliphatic rings. The summed E-state index contributed by atoms with van der Waals surface area (Å²) in [4.78, 5) is 1.81. The fourth-order valence-corrected chi connectivity index (χ4v) is 4.08. The lowest BCUT2D eigenvalue weighted by atomic mass is 9.96. The first kappa shape index (κ1) is 18.0. The molecular weight excluding hydrogens is 357 g/mol. The summed E-state index contributed by atoms with van der Waals surface area (Å²) in [7, 11) is 1.81. The number of alkyl halides is 3. The van der Waals surface area contributed by atoms with Crippen LogP contribution in [0.3, 0.4) is 0 Å². The van der Waals surface area contributed by atoms with E-state index >= 15 is 0 Å². The van der Waals surface area contributed by atoms with Crippen LogP contribution in [0.4, 0.5) is 19.0 Å². The second-order valence-corrected chi connectivity index (χ2v) is 7.26. The molecule has 4 rings (SSSR count). The van der Waals surface area contributed by atoms with Crippen molar-refractivity contribution in [1.29, 1.82) is 0 Å². The molecule has 0 unspecified atom stereocenters. The van der Waals surface area contributed by atoms with Crippen molar-refractivity contribution in [2.24, 2.45) is 0 Å². The lowest BCUT2D eigenvalue weighted by molar-refractivity contribution is 0.151. The molecule has 0 spiro atoms. The van der Waals surface area contributed by atoms with E-state index in [0.29, 0.717) is 29.5 Å². The topological polar surface area (TPSA) is 61.3 Å². The van der Waals surface area contributed by atoms with Crippen LogP contribution in [-0.4, -0.2) is 46.6 Å². The van der Waals surface area contributed by atoms with Gasteiger partial charge in [0.05, 0.1) is 11.7 Å². The summed E-state index contributed by atoms with van der Waals surface area (Å²) in [6.07, 6.45) is -1.06. The molecule has 27 heavy (non-hydrogen) atoms. The van der Waals surface area contributed by atoms with Crippen molar-refractivity contribution in [1.82, 2.24) is 15.5 Å². The first-order chi connectivity index (χ1) is 12.9. The summed E-state index contributed by atoms with van der Waals surface area (Å²) in [5, 5.41) is 21.6. The number of benzene rings is 1. The number of aromatic nitrogens is 2. The highest BCUT2D eigenvalue weighted by molar-refractivity contribution is 5.67. The molecule has 0 aliphatic carbocycles. The van der Waals surface area contributed by atoms with Crippen LogP contribution >= 0.6 is 0 Å². The van der Waals surface area contributed by atoms with E-state index in [1.807, 2.05) is 4.90 Å². The molecule has 144 valence electrons. The van der Waals surface area contributed by atoms with Crippen LogP contribution in [0.25, 0.3) is 11.3 Å². The summed E-state index contributed by atoms with van der Waals surface area (Å²) in [6.45, 7) is 0. The molecule has 2 N–H and O–H groups in total. The van der Waals surface area contributed by atoms with E-state index in [0.717, 1.165) is 18.9 Å². The minimum absolute atomic E-state index is 0.103. The molecule has 4 atom stereocenters. The molecule has 2 saturated heterocycles. The highest BCUT2D eigenvalue weighted by Crippen LogP contribution is 2.34. The van der Waals surface area contributed by atoms with Gasteiger partial charge in [-0.15, -0.1) is 10.2 Å². The Bertz CT molecular complexity index is 817. The van der Waals surface area contributed by atoms with Crippen molar-refractivity contribution < 1.29 is 18.3 Å². The Balaban J connectivity index is 1.54. The predicted molar refractivity (Wildman–Crippen MR) is 95.7 cm³/mol. The molecule has 2 aromatic rings. The number of nitrogens with one attached hydrogen (secondary N) is 1. The number of hydrogen-bond donors (Lipinski definition) is 2. The van der Waals surface area contributed by atoms with Crippen molar-refractivity contribution in [3.8, 4) is 17.0 Å². The molecule has 0 amide bonds. The number of rotatable bonds is 4. The maximum absolute atomic E-state index is 14.7. The summed E-state index contributed by atoms with van der Waals surface area (Å²) in [6, 6.07) is 7.01. The minimum Gasteiger partial charge on any atom is -0.507 e. The second kappa shape index (κ2) is 6.99. The second-order valence-electron chi connectivity index (χ2n) is 7.26. The zero-order chi connectivity index (χ0) is 19.1. The van der Waals surface area contributed by atoms with E-state index in [2.05, 4.69) is 15.5 Å². The minimum atomic E-state index is -2.65. The Hall–Kier alpha value is -2.35. The van der Waals surface area contributed by atoms with Crippen LogP contribution in [0.5, 0.6) is 5.75 Å². The zero-order valence-corrected chi connectivity index (χ0v) is 14.8. The summed E-state index contributed by atoms with van der Waals surface area (Å²) < 4.78 is 40.2. The van der Waals surface area contributed by atoms with Crippen LogP contribution in [0.1, 0.15) is 31.3 Å². The van der Waals surface area contributed by atoms with Crippen molar-refractivity contribution >= 4 is 5.82 Å². The van der Waals surface area contributed by atoms with Gasteiger partial charge in [-0.1, -0.05) is 6.07 Å². The Morgan fingerprint density at radius 2 is 2.00 bits per heavy atom. The third-order valence-corrected chi connectivity index (χ3v) is 5.61. The normalized spacial score (nSPS) is 27.1. The summed E-state index contributed by atoms with van der Waals surface area (Å²) >= 11 is 0. The molecule has 8 heteroatoms. The average Bonchev–Trinajstić information content (AvgIpc) is 3.08. The number of nitrogens with zero attached hydrogens (tertiary/aromatic N) is 3. The van der Waals surface area contributed by atoms with Gasteiger partial charge in [-0.25, -0.2) is 13.2 Å². The van der Waals surface area contributed by atoms with Gasteiger partial charge < -0.3 is 15.3 Å². The highest BCUT2D eigenvalue weighted by Gasteiger charge is 2.43. The van der Waals surface area contributed by atoms with E-state index in [1.54, 1.807) is 19.2 Å². The van der Waals surface area contributed by atoms with E-state index < -0.39 is 12.6 Å². The van der Waals surface area contributed by atoms with Crippen LogP contribution in [0.2, 0.25) is 0 Å². The van der Waals surface area contributed by atoms with Crippen LogP contribution in [0.15, 0.2) is 30.3 Å². The van der Waals surface area contributed by atoms with Gasteiger partial charge in [0.15, 0.2) is 5.82 Å². The van der Waals surface area contributed by atoms with Gasteiger partial charge >= 0.3 is 0 Å². The number of aromatic hydroxyl groups is 1. The fraction of sp³-hybridized carbons (Fsp3) is 0.474. The van der Waals surface area contributed by atoms with Gasteiger partial charge in [0.1, 0.15) is 11.9 Å². The van der Waals surface area contributed by atoms with Crippen molar-refractivity contribution in [2.75, 3.05) is 11.9 Å². The molecule has 2 bridgehead atoms. The van der Waals surface area contributed by atoms with Crippen molar-refractivity contribution in [3.05, 3.63) is 35.9 Å². The molecule has 1 aromatic heterocycles. The van der Waals surface area contributed by atoms with Gasteiger partial charge in [-0.2, -0.15) is 0 Å². The lowest BCUT2D eigenvalue weighted by Crippen LogP contribution is -2.55. The number of halogens is 3. The first-order valence-corrected chi connectivity index (χ1v) is 9.02. The number of hydrogen-bond acceptors (Lipinski definition) is 5. The molecule has 3 heterocycles.